The molecular formula is C17H23O4PS. The third-order valence-corrected chi connectivity index (χ3v) is 6.75. The minimum absolute atomic E-state index is 0.128. The number of phenolic OH excluding ortho intramolecular Hbond substituents is 1. The molecule has 4 nitrogen and oxygen atoms in total. The number of aromatic hydroxyl groups is 1. The molecule has 1 aromatic carbocycles. The van der Waals surface area contributed by atoms with Crippen molar-refractivity contribution >= 4 is 26.2 Å². The molecular weight excluding hydrogens is 331 g/mol. The van der Waals surface area contributed by atoms with Crippen molar-refractivity contribution in [3.05, 3.63) is 24.3 Å². The molecule has 2 rings (SSSR count). The second-order valence-electron chi connectivity index (χ2n) is 6.14. The molecule has 2 atom stereocenters. The largest absolute Gasteiger partial charge is 0.507 e. The average Bonchev–Trinajstić information content (AvgIpc) is 2.56. The second-order valence-corrected chi connectivity index (χ2v) is 8.07. The Balaban J connectivity index is 1.98. The van der Waals surface area contributed by atoms with Crippen LogP contribution in [-0.4, -0.2) is 27.6 Å². The van der Waals surface area contributed by atoms with E-state index >= 15 is 0 Å². The zero-order valence-corrected chi connectivity index (χ0v) is 14.8. The zero-order chi connectivity index (χ0) is 16.7. The van der Waals surface area contributed by atoms with Gasteiger partial charge in [-0.15, -0.1) is 11.8 Å². The lowest BCUT2D eigenvalue weighted by Gasteiger charge is -2.26. The van der Waals surface area contributed by atoms with Gasteiger partial charge in [0.25, 0.3) is 0 Å². The van der Waals surface area contributed by atoms with Crippen LogP contribution in [0.2, 0.25) is 0 Å². The normalized spacial score (nSPS) is 18.6. The van der Waals surface area contributed by atoms with E-state index in [2.05, 4.69) is 0 Å². The summed E-state index contributed by atoms with van der Waals surface area (Å²) in [6, 6.07) is 6.95. The highest BCUT2D eigenvalue weighted by Crippen LogP contribution is 2.36. The van der Waals surface area contributed by atoms with Gasteiger partial charge in [-0.3, -0.25) is 9.36 Å². The number of thioether (sulfide) groups is 1. The van der Waals surface area contributed by atoms with Gasteiger partial charge in [-0.2, -0.15) is 0 Å². The number of carboxylic acids is 1. The molecule has 0 radical (unpaired) electrons. The summed E-state index contributed by atoms with van der Waals surface area (Å²) < 4.78 is 11.6. The van der Waals surface area contributed by atoms with Gasteiger partial charge in [0, 0.05) is 10.6 Å². The molecule has 0 saturated heterocycles. The molecule has 1 aromatic rings. The first-order valence-electron chi connectivity index (χ1n) is 8.08. The van der Waals surface area contributed by atoms with Crippen LogP contribution in [0.3, 0.4) is 0 Å². The number of benzene rings is 1. The number of aliphatic carboxylic acids is 1. The smallest absolute Gasteiger partial charge is 0.307 e. The van der Waals surface area contributed by atoms with Crippen molar-refractivity contribution < 1.29 is 19.6 Å². The SMILES string of the molecule is O=PC(CSc1ccccc1O)C(CC1CCCCC1)C(=O)O. The summed E-state index contributed by atoms with van der Waals surface area (Å²) in [6.07, 6.45) is 6.35. The fraction of sp³-hybridized carbons (Fsp3) is 0.588. The van der Waals surface area contributed by atoms with Crippen molar-refractivity contribution in [1.82, 2.24) is 0 Å². The van der Waals surface area contributed by atoms with Crippen LogP contribution < -0.4 is 0 Å². The molecule has 0 spiro atoms. The van der Waals surface area contributed by atoms with Gasteiger partial charge >= 0.3 is 5.97 Å². The minimum atomic E-state index is -0.859. The van der Waals surface area contributed by atoms with E-state index in [1.165, 1.54) is 31.0 Å². The van der Waals surface area contributed by atoms with E-state index in [9.17, 15) is 19.6 Å². The number of carboxylic acid groups (broad SMARTS) is 1. The van der Waals surface area contributed by atoms with Crippen LogP contribution in [0, 0.1) is 11.8 Å². The number of para-hydroxylation sites is 1. The van der Waals surface area contributed by atoms with Crippen molar-refractivity contribution in [3.63, 3.8) is 0 Å². The molecule has 126 valence electrons. The van der Waals surface area contributed by atoms with Gasteiger partial charge in [0.2, 0.25) is 0 Å². The Kier molecular flexibility index (Phi) is 7.38. The van der Waals surface area contributed by atoms with E-state index in [-0.39, 0.29) is 14.2 Å². The van der Waals surface area contributed by atoms with Gasteiger partial charge in [0.1, 0.15) is 5.75 Å². The zero-order valence-electron chi connectivity index (χ0n) is 13.1. The van der Waals surface area contributed by atoms with E-state index in [4.69, 9.17) is 0 Å². The summed E-state index contributed by atoms with van der Waals surface area (Å²) in [7, 11) is -0.128. The first-order chi connectivity index (χ1) is 11.1. The molecule has 0 bridgehead atoms. The van der Waals surface area contributed by atoms with Gasteiger partial charge in [-0.1, -0.05) is 44.2 Å². The van der Waals surface area contributed by atoms with Gasteiger partial charge in [0.05, 0.1) is 11.6 Å². The molecule has 23 heavy (non-hydrogen) atoms. The van der Waals surface area contributed by atoms with Crippen molar-refractivity contribution in [2.24, 2.45) is 11.8 Å². The Bertz CT molecular complexity index is 531. The molecule has 2 unspecified atom stereocenters. The fourth-order valence-corrected chi connectivity index (χ4v) is 5.02. The maximum absolute atomic E-state index is 11.6. The van der Waals surface area contributed by atoms with Crippen molar-refractivity contribution in [3.8, 4) is 5.75 Å². The average molecular weight is 354 g/mol. The van der Waals surface area contributed by atoms with E-state index < -0.39 is 17.5 Å². The first-order valence-corrected chi connectivity index (χ1v) is 9.94. The number of hydrogen-bond acceptors (Lipinski definition) is 4. The van der Waals surface area contributed by atoms with Crippen LogP contribution in [-0.2, 0) is 9.36 Å². The summed E-state index contributed by atoms with van der Waals surface area (Å²) in [5, 5.41) is 19.3. The Morgan fingerprint density at radius 3 is 2.57 bits per heavy atom. The van der Waals surface area contributed by atoms with Crippen molar-refractivity contribution in [1.29, 1.82) is 0 Å². The van der Waals surface area contributed by atoms with Gasteiger partial charge in [-0.05, 0) is 24.5 Å². The van der Waals surface area contributed by atoms with Crippen LogP contribution in [0.4, 0.5) is 0 Å². The van der Waals surface area contributed by atoms with Crippen LogP contribution in [0.5, 0.6) is 5.75 Å². The number of hydrogen-bond donors (Lipinski definition) is 2. The second kappa shape index (κ2) is 9.29. The van der Waals surface area contributed by atoms with Gasteiger partial charge in [0.15, 0.2) is 8.46 Å². The summed E-state index contributed by atoms with van der Waals surface area (Å²) >= 11 is 1.37. The molecule has 0 amide bonds. The Morgan fingerprint density at radius 1 is 1.26 bits per heavy atom. The molecule has 1 aliphatic carbocycles. The standard InChI is InChI=1S/C17H23O4PS/c18-14-8-4-5-9-16(14)23-11-15(22-21)13(17(19)20)10-12-6-2-1-3-7-12/h4-5,8-9,12-13,15,18H,1-3,6-7,10-11H2,(H,19,20). The van der Waals surface area contributed by atoms with Crippen LogP contribution in [0.15, 0.2) is 29.2 Å². The van der Waals surface area contributed by atoms with E-state index in [0.29, 0.717) is 23.0 Å². The van der Waals surface area contributed by atoms with Crippen molar-refractivity contribution in [2.45, 2.75) is 49.1 Å². The van der Waals surface area contributed by atoms with Gasteiger partial charge in [-0.25, -0.2) is 0 Å². The fourth-order valence-electron chi connectivity index (χ4n) is 3.18. The van der Waals surface area contributed by atoms with Gasteiger partial charge < -0.3 is 10.2 Å². The van der Waals surface area contributed by atoms with E-state index in [0.717, 1.165) is 12.8 Å². The predicted molar refractivity (Wildman–Crippen MR) is 92.5 cm³/mol. The Hall–Kier alpha value is -1.06. The predicted octanol–water partition coefficient (Wildman–Crippen LogP) is 4.82. The summed E-state index contributed by atoms with van der Waals surface area (Å²) in [5.74, 6) is -0.411. The topological polar surface area (TPSA) is 74.6 Å². The maximum Gasteiger partial charge on any atom is 0.307 e. The third kappa shape index (κ3) is 5.50. The van der Waals surface area contributed by atoms with E-state index in [1.54, 1.807) is 18.2 Å². The maximum atomic E-state index is 11.6. The Labute approximate surface area is 142 Å². The van der Waals surface area contributed by atoms with Crippen LogP contribution in [0.25, 0.3) is 0 Å². The van der Waals surface area contributed by atoms with Crippen LogP contribution >= 0.6 is 20.2 Å². The quantitative estimate of drug-likeness (QED) is 0.517. The lowest BCUT2D eigenvalue weighted by Crippen LogP contribution is -2.29. The van der Waals surface area contributed by atoms with E-state index in [1.807, 2.05) is 6.07 Å². The molecule has 2 N–H and O–H groups in total. The highest BCUT2D eigenvalue weighted by Gasteiger charge is 2.32. The third-order valence-electron chi connectivity index (χ3n) is 4.50. The Morgan fingerprint density at radius 2 is 1.96 bits per heavy atom. The highest BCUT2D eigenvalue weighted by molar-refractivity contribution is 7.99. The molecule has 0 aliphatic heterocycles. The highest BCUT2D eigenvalue weighted by atomic mass is 32.2. The summed E-state index contributed by atoms with van der Waals surface area (Å²) in [5.41, 5.74) is -0.431. The molecule has 6 heteroatoms. The monoisotopic (exact) mass is 354 g/mol. The number of phenols is 1. The summed E-state index contributed by atoms with van der Waals surface area (Å²) in [6.45, 7) is 0. The summed E-state index contributed by atoms with van der Waals surface area (Å²) in [4.78, 5) is 12.3. The minimum Gasteiger partial charge on any atom is -0.507 e. The molecule has 1 fully saturated rings. The first kappa shape index (κ1) is 18.3. The van der Waals surface area contributed by atoms with Crippen LogP contribution in [0.1, 0.15) is 38.5 Å². The lowest BCUT2D eigenvalue weighted by atomic mass is 9.82. The molecule has 1 aliphatic rings. The number of carbonyl (C=O) groups is 1. The molecule has 0 aromatic heterocycles. The number of rotatable bonds is 8. The van der Waals surface area contributed by atoms with Crippen molar-refractivity contribution in [2.75, 3.05) is 5.75 Å². The molecule has 0 heterocycles. The lowest BCUT2D eigenvalue weighted by molar-refractivity contribution is -0.142. The molecule has 1 saturated carbocycles.